The smallest absolute Gasteiger partial charge is 0.323 e. The van der Waals surface area contributed by atoms with Gasteiger partial charge in [-0.25, -0.2) is 9.59 Å². The molecule has 2 atom stereocenters. The zero-order valence-corrected chi connectivity index (χ0v) is 18.8. The largest absolute Gasteiger partial charge is 0.335 e. The molecule has 1 aliphatic carbocycles. The van der Waals surface area contributed by atoms with Crippen molar-refractivity contribution in [3.63, 3.8) is 0 Å². The molecule has 2 aromatic rings. The van der Waals surface area contributed by atoms with Gasteiger partial charge in [-0.1, -0.05) is 37.5 Å². The minimum absolute atomic E-state index is 0.0308. The van der Waals surface area contributed by atoms with Crippen LogP contribution in [0.2, 0.25) is 0 Å². The number of anilines is 2. The Hall–Kier alpha value is -3.29. The summed E-state index contributed by atoms with van der Waals surface area (Å²) in [6, 6.07) is 12.6. The van der Waals surface area contributed by atoms with E-state index in [1.54, 1.807) is 22.8 Å². The van der Waals surface area contributed by atoms with Crippen LogP contribution < -0.4 is 21.5 Å². The van der Waals surface area contributed by atoms with Gasteiger partial charge >= 0.3 is 12.1 Å². The van der Waals surface area contributed by atoms with E-state index >= 15 is 0 Å². The van der Waals surface area contributed by atoms with Crippen LogP contribution >= 0.6 is 0 Å². The number of rotatable bonds is 3. The highest BCUT2D eigenvalue weighted by atomic mass is 16.2. The Morgan fingerprint density at radius 1 is 0.879 bits per heavy atom. The molecule has 1 aromatic heterocycles. The van der Waals surface area contributed by atoms with Crippen molar-refractivity contribution in [3.05, 3.63) is 58.5 Å². The van der Waals surface area contributed by atoms with Crippen molar-refractivity contribution < 1.29 is 9.59 Å². The van der Waals surface area contributed by atoms with E-state index in [2.05, 4.69) is 16.0 Å². The molecule has 0 radical (unpaired) electrons. The molecule has 3 heterocycles. The molecule has 8 heteroatoms. The molecule has 1 saturated heterocycles. The van der Waals surface area contributed by atoms with Crippen LogP contribution in [0, 0.1) is 5.92 Å². The van der Waals surface area contributed by atoms with Crippen molar-refractivity contribution >= 4 is 23.4 Å². The number of amides is 4. The van der Waals surface area contributed by atoms with Crippen LogP contribution in [0.15, 0.2) is 47.3 Å². The molecule has 4 amide bonds. The summed E-state index contributed by atoms with van der Waals surface area (Å²) in [5, 5.41) is 8.66. The Bertz CT molecular complexity index is 1080. The Balaban J connectivity index is 1.27. The standard InChI is InChI=1S/C25H31N5O3/c31-23-21(28-24(32)26-19-7-3-1-4-8-19)11-12-22-18-13-17(15-30(22)23)14-29(16-18)25(33)27-20-9-5-2-6-10-20/h1,3-4,7-8,11-12,17-18,20H,2,5-6,9-10,13-16H2,(H,27,33)(H2,26,28,32)/t17-,18+/m0/s1. The number of hydrogen-bond acceptors (Lipinski definition) is 3. The second-order valence-corrected chi connectivity index (χ2v) is 9.52. The van der Waals surface area contributed by atoms with Crippen LogP contribution in [0.3, 0.4) is 0 Å². The van der Waals surface area contributed by atoms with Crippen molar-refractivity contribution in [2.24, 2.45) is 5.92 Å². The van der Waals surface area contributed by atoms with E-state index in [4.69, 9.17) is 0 Å². The molecule has 8 nitrogen and oxygen atoms in total. The van der Waals surface area contributed by atoms with Crippen molar-refractivity contribution in [1.29, 1.82) is 0 Å². The van der Waals surface area contributed by atoms with Gasteiger partial charge in [-0.2, -0.15) is 0 Å². The molecule has 1 saturated carbocycles. The highest BCUT2D eigenvalue weighted by Gasteiger charge is 2.37. The molecule has 174 valence electrons. The first-order valence-electron chi connectivity index (χ1n) is 12.0. The van der Waals surface area contributed by atoms with Gasteiger partial charge in [-0.3, -0.25) is 4.79 Å². The fourth-order valence-corrected chi connectivity index (χ4v) is 5.53. The topological polar surface area (TPSA) is 95.5 Å². The Morgan fingerprint density at radius 2 is 1.67 bits per heavy atom. The minimum atomic E-state index is -0.444. The van der Waals surface area contributed by atoms with Gasteiger partial charge in [-0.15, -0.1) is 0 Å². The lowest BCUT2D eigenvalue weighted by atomic mass is 9.83. The number of carbonyl (C=O) groups excluding carboxylic acids is 2. The average Bonchev–Trinajstić information content (AvgIpc) is 2.82. The zero-order valence-electron chi connectivity index (χ0n) is 18.8. The first kappa shape index (κ1) is 21.6. The Morgan fingerprint density at radius 3 is 2.45 bits per heavy atom. The highest BCUT2D eigenvalue weighted by Crippen LogP contribution is 2.35. The molecule has 5 rings (SSSR count). The third-order valence-electron chi connectivity index (χ3n) is 7.10. The second kappa shape index (κ2) is 9.29. The predicted octanol–water partition coefficient (Wildman–Crippen LogP) is 3.95. The normalized spacial score (nSPS) is 22.2. The van der Waals surface area contributed by atoms with Crippen molar-refractivity contribution in [2.75, 3.05) is 23.7 Å². The number of nitrogens with zero attached hydrogens (tertiary/aromatic N) is 2. The predicted molar refractivity (Wildman–Crippen MR) is 128 cm³/mol. The number of urea groups is 2. The summed E-state index contributed by atoms with van der Waals surface area (Å²) in [6.07, 6.45) is 6.75. The monoisotopic (exact) mass is 449 g/mol. The van der Waals surface area contributed by atoms with Gasteiger partial charge in [0.25, 0.3) is 5.56 Å². The summed E-state index contributed by atoms with van der Waals surface area (Å²) in [5.74, 6) is 0.369. The summed E-state index contributed by atoms with van der Waals surface area (Å²) in [7, 11) is 0. The lowest BCUT2D eigenvalue weighted by Gasteiger charge is -2.43. The van der Waals surface area contributed by atoms with E-state index < -0.39 is 6.03 Å². The minimum Gasteiger partial charge on any atom is -0.335 e. The summed E-state index contributed by atoms with van der Waals surface area (Å²) < 4.78 is 1.79. The molecule has 3 N–H and O–H groups in total. The Kier molecular flexibility index (Phi) is 6.07. The number of para-hydroxylation sites is 1. The zero-order chi connectivity index (χ0) is 22.8. The van der Waals surface area contributed by atoms with E-state index in [0.717, 1.165) is 25.0 Å². The number of fused-ring (bicyclic) bond motifs is 4. The molecule has 3 aliphatic rings. The maximum absolute atomic E-state index is 13.1. The number of hydrogen-bond donors (Lipinski definition) is 3. The summed E-state index contributed by atoms with van der Waals surface area (Å²) in [6.45, 7) is 1.84. The molecule has 2 aliphatic heterocycles. The third-order valence-corrected chi connectivity index (χ3v) is 7.10. The van der Waals surface area contributed by atoms with E-state index in [1.807, 2.05) is 29.2 Å². The van der Waals surface area contributed by atoms with Gasteiger partial charge in [-0.05, 0) is 49.4 Å². The van der Waals surface area contributed by atoms with Gasteiger partial charge in [0.15, 0.2) is 0 Å². The third kappa shape index (κ3) is 4.74. The molecule has 0 spiro atoms. The number of pyridine rings is 1. The maximum atomic E-state index is 13.1. The van der Waals surface area contributed by atoms with Crippen molar-refractivity contribution in [3.8, 4) is 0 Å². The molecular weight excluding hydrogens is 418 g/mol. The van der Waals surface area contributed by atoms with Crippen LogP contribution in [0.4, 0.5) is 21.0 Å². The first-order valence-corrected chi connectivity index (χ1v) is 12.0. The van der Waals surface area contributed by atoms with Crippen molar-refractivity contribution in [2.45, 2.75) is 57.0 Å². The maximum Gasteiger partial charge on any atom is 0.323 e. The Labute approximate surface area is 193 Å². The molecule has 2 bridgehead atoms. The van der Waals surface area contributed by atoms with Gasteiger partial charge in [0, 0.05) is 43.0 Å². The van der Waals surface area contributed by atoms with E-state index in [-0.39, 0.29) is 29.1 Å². The van der Waals surface area contributed by atoms with Crippen LogP contribution in [0.1, 0.15) is 50.1 Å². The van der Waals surface area contributed by atoms with Gasteiger partial charge in [0.1, 0.15) is 5.69 Å². The average molecular weight is 450 g/mol. The summed E-state index contributed by atoms with van der Waals surface area (Å²) in [5.41, 5.74) is 1.68. The van der Waals surface area contributed by atoms with Crippen molar-refractivity contribution in [1.82, 2.24) is 14.8 Å². The number of carbonyl (C=O) groups is 2. The van der Waals surface area contributed by atoms with E-state index in [1.165, 1.54) is 19.3 Å². The van der Waals surface area contributed by atoms with E-state index in [9.17, 15) is 14.4 Å². The molecule has 1 aromatic carbocycles. The quantitative estimate of drug-likeness (QED) is 0.662. The summed E-state index contributed by atoms with van der Waals surface area (Å²) in [4.78, 5) is 40.3. The molecular formula is C25H31N5O3. The molecule has 33 heavy (non-hydrogen) atoms. The second-order valence-electron chi connectivity index (χ2n) is 9.52. The van der Waals surface area contributed by atoms with Gasteiger partial charge < -0.3 is 25.4 Å². The molecule has 0 unspecified atom stereocenters. The van der Waals surface area contributed by atoms with Gasteiger partial charge in [0.05, 0.1) is 0 Å². The van der Waals surface area contributed by atoms with Gasteiger partial charge in [0.2, 0.25) is 0 Å². The fraction of sp³-hybridized carbons (Fsp3) is 0.480. The lowest BCUT2D eigenvalue weighted by molar-refractivity contribution is 0.127. The summed E-state index contributed by atoms with van der Waals surface area (Å²) >= 11 is 0. The number of nitrogens with one attached hydrogen (secondary N) is 3. The number of aromatic nitrogens is 1. The van der Waals surface area contributed by atoms with Crippen LogP contribution in [-0.2, 0) is 6.54 Å². The van der Waals surface area contributed by atoms with E-state index in [0.29, 0.717) is 31.4 Å². The number of piperidine rings is 1. The highest BCUT2D eigenvalue weighted by molar-refractivity contribution is 5.99. The SMILES string of the molecule is O=C(Nc1ccccc1)Nc1ccc2n(c1=O)C[C@H]1C[C@@H]2CN(C(=O)NC2CCCCC2)C1. The lowest BCUT2D eigenvalue weighted by Crippen LogP contribution is -2.53. The molecule has 2 fully saturated rings. The number of benzene rings is 1. The fourth-order valence-electron chi connectivity index (χ4n) is 5.53. The van der Waals surface area contributed by atoms with Crippen LogP contribution in [0.5, 0.6) is 0 Å². The number of likely N-dealkylation sites (tertiary alicyclic amines) is 1. The van der Waals surface area contributed by atoms with Crippen LogP contribution in [0.25, 0.3) is 0 Å². The first-order chi connectivity index (χ1) is 16.1. The van der Waals surface area contributed by atoms with Crippen LogP contribution in [-0.4, -0.2) is 40.7 Å².